The van der Waals surface area contributed by atoms with Crippen LogP contribution < -0.4 is 10.2 Å². The van der Waals surface area contributed by atoms with Crippen molar-refractivity contribution >= 4 is 13.7 Å². The minimum atomic E-state index is -4.59. The van der Waals surface area contributed by atoms with E-state index in [2.05, 4.69) is 19.2 Å². The third-order valence-electron chi connectivity index (χ3n) is 14.0. The zero-order valence-corrected chi connectivity index (χ0v) is 47.2. The monoisotopic (exact) mass is 983 g/mol. The quantitative estimate of drug-likeness (QED) is 0.0272. The second kappa shape index (κ2) is 51.2. The van der Waals surface area contributed by atoms with Gasteiger partial charge in [0.15, 0.2) is 0 Å². The maximum atomic E-state index is 13.0. The molecule has 3 unspecified atom stereocenters. The second-order valence-electron chi connectivity index (χ2n) is 22.1. The molecule has 0 aliphatic carbocycles. The van der Waals surface area contributed by atoms with Crippen molar-refractivity contribution in [2.75, 3.05) is 40.9 Å². The maximum absolute atomic E-state index is 13.0. The fourth-order valence-corrected chi connectivity index (χ4v) is 10.00. The first-order valence-electron chi connectivity index (χ1n) is 30.1. The van der Waals surface area contributed by atoms with Crippen LogP contribution in [-0.4, -0.2) is 68.5 Å². The summed E-state index contributed by atoms with van der Waals surface area (Å²) in [4.78, 5) is 25.5. The summed E-state index contributed by atoms with van der Waals surface area (Å²) >= 11 is 0. The van der Waals surface area contributed by atoms with E-state index in [1.54, 1.807) is 6.08 Å². The fraction of sp³-hybridized carbons (Fsp3) is 0.949. The van der Waals surface area contributed by atoms with Gasteiger partial charge in [0.2, 0.25) is 5.91 Å². The molecule has 0 aliphatic rings. The number of aliphatic hydroxyl groups excluding tert-OH is 1. The van der Waals surface area contributed by atoms with Crippen molar-refractivity contribution in [1.82, 2.24) is 5.32 Å². The lowest BCUT2D eigenvalue weighted by atomic mass is 10.0. The number of hydrogen-bond acceptors (Lipinski definition) is 6. The van der Waals surface area contributed by atoms with Crippen LogP contribution >= 0.6 is 7.82 Å². The second-order valence-corrected chi connectivity index (χ2v) is 23.5. The van der Waals surface area contributed by atoms with Crippen molar-refractivity contribution in [3.05, 3.63) is 12.2 Å². The van der Waals surface area contributed by atoms with Crippen molar-refractivity contribution in [2.45, 2.75) is 321 Å². The van der Waals surface area contributed by atoms with E-state index in [-0.39, 0.29) is 19.1 Å². The Morgan fingerprint density at radius 1 is 0.500 bits per heavy atom. The van der Waals surface area contributed by atoms with Crippen molar-refractivity contribution in [3.8, 4) is 0 Å². The molecule has 0 saturated heterocycles. The number of carbonyl (C=O) groups is 1. The summed E-state index contributed by atoms with van der Waals surface area (Å²) in [7, 11) is 1.28. The molecule has 0 heterocycles. The maximum Gasteiger partial charge on any atom is 0.268 e. The van der Waals surface area contributed by atoms with Crippen LogP contribution in [0.3, 0.4) is 0 Å². The van der Waals surface area contributed by atoms with Gasteiger partial charge in [-0.05, 0) is 19.3 Å². The average Bonchev–Trinajstić information content (AvgIpc) is 3.30. The van der Waals surface area contributed by atoms with Gasteiger partial charge in [-0.3, -0.25) is 9.36 Å². The summed E-state index contributed by atoms with van der Waals surface area (Å²) in [6, 6.07) is -0.881. The Hall–Kier alpha value is -0.760. The molecule has 0 aromatic rings. The van der Waals surface area contributed by atoms with E-state index in [1.807, 2.05) is 27.2 Å². The lowest BCUT2D eigenvalue weighted by molar-refractivity contribution is -0.870. The van der Waals surface area contributed by atoms with Gasteiger partial charge in [-0.15, -0.1) is 0 Å². The van der Waals surface area contributed by atoms with Gasteiger partial charge < -0.3 is 28.8 Å². The summed E-state index contributed by atoms with van der Waals surface area (Å²) in [6.45, 7) is 4.69. The standard InChI is InChI=1S/C59H119N2O6P/c1-6-8-10-12-14-16-18-20-22-23-24-25-26-27-28-29-30-31-32-33-34-35-36-37-38-39-41-43-45-47-49-51-53-59(63)60-57(56-67-68(64,65)66-55-54-61(3,4)5)58(62)52-50-48-46-44-42-40-21-19-17-15-13-11-9-7-2/h50,52,57-58,62H,6-49,51,53-56H2,1-5H3,(H-,60,63,64,65)/b52-50+. The van der Waals surface area contributed by atoms with Crippen LogP contribution in [0.25, 0.3) is 0 Å². The zero-order chi connectivity index (χ0) is 49.9. The topological polar surface area (TPSA) is 108 Å². The summed E-state index contributed by atoms with van der Waals surface area (Å²) in [5.74, 6) is -0.190. The molecule has 1 amide bonds. The molecule has 0 spiro atoms. The number of hydrogen-bond donors (Lipinski definition) is 2. The Labute approximate surface area is 424 Å². The van der Waals surface area contributed by atoms with Crippen LogP contribution in [0, 0.1) is 0 Å². The SMILES string of the molecule is CCCCCCCCCCCCCC/C=C/C(O)C(COP(=O)([O-])OCC[N+](C)(C)C)NC(=O)CCCCCCCCCCCCCCCCCCCCCCCCCCCCCCCCCC. The molecule has 0 fully saturated rings. The largest absolute Gasteiger partial charge is 0.756 e. The highest BCUT2D eigenvalue weighted by atomic mass is 31.2. The molecule has 2 N–H and O–H groups in total. The Morgan fingerprint density at radius 3 is 1.10 bits per heavy atom. The number of aliphatic hydroxyl groups is 1. The zero-order valence-electron chi connectivity index (χ0n) is 46.3. The molecular weight excluding hydrogens is 864 g/mol. The van der Waals surface area contributed by atoms with Gasteiger partial charge in [0.25, 0.3) is 7.82 Å². The number of carbonyl (C=O) groups excluding carboxylic acids is 1. The van der Waals surface area contributed by atoms with Crippen LogP contribution in [0.1, 0.15) is 309 Å². The van der Waals surface area contributed by atoms with Gasteiger partial charge in [-0.2, -0.15) is 0 Å². The molecular formula is C59H119N2O6P. The van der Waals surface area contributed by atoms with Crippen LogP contribution in [-0.2, 0) is 18.4 Å². The number of unbranched alkanes of at least 4 members (excludes halogenated alkanes) is 43. The first kappa shape index (κ1) is 67.2. The molecule has 68 heavy (non-hydrogen) atoms. The summed E-state index contributed by atoms with van der Waals surface area (Å²) in [6.07, 6.45) is 63.1. The molecule has 8 nitrogen and oxygen atoms in total. The van der Waals surface area contributed by atoms with E-state index in [0.717, 1.165) is 38.5 Å². The van der Waals surface area contributed by atoms with Crippen LogP contribution in [0.15, 0.2) is 12.2 Å². The van der Waals surface area contributed by atoms with Gasteiger partial charge in [-0.25, -0.2) is 0 Å². The molecule has 406 valence electrons. The molecule has 0 aliphatic heterocycles. The van der Waals surface area contributed by atoms with Gasteiger partial charge in [0.05, 0.1) is 39.9 Å². The lowest BCUT2D eigenvalue weighted by Gasteiger charge is -2.29. The first-order valence-corrected chi connectivity index (χ1v) is 31.5. The first-order chi connectivity index (χ1) is 33.0. The van der Waals surface area contributed by atoms with Gasteiger partial charge >= 0.3 is 0 Å². The minimum Gasteiger partial charge on any atom is -0.756 e. The molecule has 0 aromatic carbocycles. The molecule has 0 saturated carbocycles. The Bertz CT molecular complexity index is 1120. The third kappa shape index (κ3) is 53.0. The summed E-state index contributed by atoms with van der Waals surface area (Å²) in [5, 5.41) is 13.9. The fourth-order valence-electron chi connectivity index (χ4n) is 9.27. The molecule has 0 aromatic heterocycles. The Morgan fingerprint density at radius 2 is 0.794 bits per heavy atom. The number of quaternary nitrogens is 1. The normalized spacial score (nSPS) is 13.9. The van der Waals surface area contributed by atoms with E-state index in [1.165, 1.54) is 250 Å². The highest BCUT2D eigenvalue weighted by Crippen LogP contribution is 2.38. The van der Waals surface area contributed by atoms with Crippen molar-refractivity contribution in [2.24, 2.45) is 0 Å². The number of rotatable bonds is 56. The molecule has 9 heteroatoms. The van der Waals surface area contributed by atoms with E-state index in [9.17, 15) is 19.4 Å². The van der Waals surface area contributed by atoms with E-state index in [4.69, 9.17) is 9.05 Å². The molecule has 0 rings (SSSR count). The predicted octanol–water partition coefficient (Wildman–Crippen LogP) is 17.6. The molecule has 0 bridgehead atoms. The Kier molecular flexibility index (Phi) is 50.6. The van der Waals surface area contributed by atoms with E-state index in [0.29, 0.717) is 17.4 Å². The third-order valence-corrected chi connectivity index (χ3v) is 15.0. The lowest BCUT2D eigenvalue weighted by Crippen LogP contribution is -2.45. The van der Waals surface area contributed by atoms with Crippen LogP contribution in [0.4, 0.5) is 0 Å². The van der Waals surface area contributed by atoms with Gasteiger partial charge in [0, 0.05) is 6.42 Å². The highest BCUT2D eigenvalue weighted by molar-refractivity contribution is 7.45. The number of allylic oxidation sites excluding steroid dienone is 1. The number of nitrogens with one attached hydrogen (secondary N) is 1. The number of phosphoric acid groups is 1. The summed E-state index contributed by atoms with van der Waals surface area (Å²) in [5.41, 5.74) is 0. The number of amides is 1. The van der Waals surface area contributed by atoms with Crippen molar-refractivity contribution < 1.29 is 32.9 Å². The predicted molar refractivity (Wildman–Crippen MR) is 293 cm³/mol. The smallest absolute Gasteiger partial charge is 0.268 e. The minimum absolute atomic E-state index is 0.00250. The summed E-state index contributed by atoms with van der Waals surface area (Å²) < 4.78 is 23.3. The molecule has 3 atom stereocenters. The van der Waals surface area contributed by atoms with Crippen LogP contribution in [0.2, 0.25) is 0 Å². The van der Waals surface area contributed by atoms with E-state index < -0.39 is 20.0 Å². The van der Waals surface area contributed by atoms with Gasteiger partial charge in [0.1, 0.15) is 13.2 Å². The van der Waals surface area contributed by atoms with Crippen molar-refractivity contribution in [3.63, 3.8) is 0 Å². The molecule has 0 radical (unpaired) electrons. The van der Waals surface area contributed by atoms with Crippen LogP contribution in [0.5, 0.6) is 0 Å². The van der Waals surface area contributed by atoms with E-state index >= 15 is 0 Å². The number of phosphoric ester groups is 1. The number of likely N-dealkylation sites (N-methyl/N-ethyl adjacent to an activating group) is 1. The number of nitrogens with zero attached hydrogens (tertiary/aromatic N) is 1. The Balaban J connectivity index is 3.97. The van der Waals surface area contributed by atoms with Gasteiger partial charge in [-0.1, -0.05) is 296 Å². The average molecular weight is 984 g/mol. The van der Waals surface area contributed by atoms with Crippen molar-refractivity contribution in [1.29, 1.82) is 0 Å². The highest BCUT2D eigenvalue weighted by Gasteiger charge is 2.23.